The second-order valence-electron chi connectivity index (χ2n) is 3.70. The van der Waals surface area contributed by atoms with Crippen molar-refractivity contribution >= 4 is 10.8 Å². The second-order valence-corrected chi connectivity index (χ2v) is 3.70. The van der Waals surface area contributed by atoms with Gasteiger partial charge < -0.3 is 0 Å². The lowest BCUT2D eigenvalue weighted by Gasteiger charge is -2.02. The SMILES string of the molecule is C.CCC.CCc1cccc2ccccc12. The molecule has 0 aliphatic rings. The first-order chi connectivity index (χ1) is 7.33. The topological polar surface area (TPSA) is 0 Å². The summed E-state index contributed by atoms with van der Waals surface area (Å²) >= 11 is 0. The Balaban J connectivity index is 0.000000511. The highest BCUT2D eigenvalue weighted by molar-refractivity contribution is 5.85. The second kappa shape index (κ2) is 7.92. The van der Waals surface area contributed by atoms with Crippen LogP contribution < -0.4 is 0 Å². The molecule has 0 bridgehead atoms. The average Bonchev–Trinajstić information content (AvgIpc) is 2.29. The van der Waals surface area contributed by atoms with Gasteiger partial charge in [0.15, 0.2) is 0 Å². The maximum atomic E-state index is 2.20. The predicted molar refractivity (Wildman–Crippen MR) is 76.0 cm³/mol. The number of hydrogen-bond donors (Lipinski definition) is 0. The molecule has 0 radical (unpaired) electrons. The molecule has 2 aromatic carbocycles. The minimum atomic E-state index is 0. The summed E-state index contributed by atoms with van der Waals surface area (Å²) in [6.07, 6.45) is 2.36. The van der Waals surface area contributed by atoms with E-state index in [1.54, 1.807) is 0 Å². The molecule has 0 saturated carbocycles. The molecule has 0 nitrogen and oxygen atoms in total. The summed E-state index contributed by atoms with van der Waals surface area (Å²) in [5, 5.41) is 2.74. The molecule has 0 aliphatic heterocycles. The Morgan fingerprint density at radius 2 is 1.38 bits per heavy atom. The quantitative estimate of drug-likeness (QED) is 0.594. The van der Waals surface area contributed by atoms with Gasteiger partial charge in [0.05, 0.1) is 0 Å². The van der Waals surface area contributed by atoms with E-state index < -0.39 is 0 Å². The van der Waals surface area contributed by atoms with Crippen molar-refractivity contribution in [3.05, 3.63) is 48.0 Å². The van der Waals surface area contributed by atoms with Crippen LogP contribution >= 0.6 is 0 Å². The molecule has 2 rings (SSSR count). The van der Waals surface area contributed by atoms with Crippen LogP contribution in [0.1, 0.15) is 40.2 Å². The summed E-state index contributed by atoms with van der Waals surface area (Å²) in [6.45, 7) is 6.45. The lowest BCUT2D eigenvalue weighted by Crippen LogP contribution is -1.81. The molecule has 2 aromatic rings. The Kier molecular flexibility index (Phi) is 7.28. The fourth-order valence-electron chi connectivity index (χ4n) is 1.60. The smallest absolute Gasteiger partial charge is 0.0152 e. The van der Waals surface area contributed by atoms with E-state index in [1.165, 1.54) is 22.8 Å². The zero-order chi connectivity index (χ0) is 11.1. The van der Waals surface area contributed by atoms with Crippen LogP contribution in [0.2, 0.25) is 0 Å². The van der Waals surface area contributed by atoms with E-state index in [1.807, 2.05) is 0 Å². The highest BCUT2D eigenvalue weighted by Gasteiger charge is 1.95. The molecule has 0 spiro atoms. The molecule has 0 aromatic heterocycles. The third-order valence-electron chi connectivity index (χ3n) is 2.26. The molecule has 0 heteroatoms. The zero-order valence-corrected chi connectivity index (χ0v) is 9.96. The van der Waals surface area contributed by atoms with Crippen LogP contribution in [0.25, 0.3) is 10.8 Å². The summed E-state index contributed by atoms with van der Waals surface area (Å²) in [5.74, 6) is 0. The average molecular weight is 216 g/mol. The van der Waals surface area contributed by atoms with E-state index in [-0.39, 0.29) is 7.43 Å². The fourth-order valence-corrected chi connectivity index (χ4v) is 1.60. The van der Waals surface area contributed by atoms with Gasteiger partial charge in [-0.2, -0.15) is 0 Å². The number of aryl methyl sites for hydroxylation is 1. The molecule has 0 fully saturated rings. The zero-order valence-electron chi connectivity index (χ0n) is 9.96. The van der Waals surface area contributed by atoms with Crippen LogP contribution in [-0.4, -0.2) is 0 Å². The molecule has 0 heterocycles. The van der Waals surface area contributed by atoms with Crippen molar-refractivity contribution in [1.82, 2.24) is 0 Å². The Bertz CT molecular complexity index is 396. The highest BCUT2D eigenvalue weighted by atomic mass is 14.0. The number of rotatable bonds is 1. The van der Waals surface area contributed by atoms with Crippen LogP contribution in [0.15, 0.2) is 42.5 Å². The summed E-state index contributed by atoms with van der Waals surface area (Å²) in [6, 6.07) is 15.0. The Morgan fingerprint density at radius 1 is 0.812 bits per heavy atom. The van der Waals surface area contributed by atoms with E-state index in [0.717, 1.165) is 6.42 Å². The van der Waals surface area contributed by atoms with E-state index in [9.17, 15) is 0 Å². The van der Waals surface area contributed by atoms with Gasteiger partial charge in [-0.1, -0.05) is 77.1 Å². The van der Waals surface area contributed by atoms with Crippen molar-refractivity contribution in [2.75, 3.05) is 0 Å². The van der Waals surface area contributed by atoms with Gasteiger partial charge in [-0.15, -0.1) is 0 Å². The summed E-state index contributed by atoms with van der Waals surface area (Å²) in [4.78, 5) is 0. The van der Waals surface area contributed by atoms with E-state index in [0.29, 0.717) is 0 Å². The van der Waals surface area contributed by atoms with Crippen LogP contribution in [0.5, 0.6) is 0 Å². The minimum Gasteiger partial charge on any atom is -0.0776 e. The van der Waals surface area contributed by atoms with Crippen LogP contribution in [0.4, 0.5) is 0 Å². The van der Waals surface area contributed by atoms with Crippen molar-refractivity contribution in [2.24, 2.45) is 0 Å². The first-order valence-corrected chi connectivity index (χ1v) is 5.80. The summed E-state index contributed by atoms with van der Waals surface area (Å²) in [7, 11) is 0. The van der Waals surface area contributed by atoms with Gasteiger partial charge in [0, 0.05) is 0 Å². The molecule has 0 saturated heterocycles. The molecule has 0 N–H and O–H groups in total. The fraction of sp³-hybridized carbons (Fsp3) is 0.375. The standard InChI is InChI=1S/C12H12.C3H8.CH4/c1-2-10-7-5-8-11-6-3-4-9-12(10)11;1-3-2;/h3-9H,2H2,1H3;3H2,1-2H3;1H4. The molecule has 0 aliphatic carbocycles. The third-order valence-corrected chi connectivity index (χ3v) is 2.26. The third kappa shape index (κ3) is 3.69. The number of fused-ring (bicyclic) bond motifs is 1. The van der Waals surface area contributed by atoms with E-state index in [2.05, 4.69) is 63.2 Å². The van der Waals surface area contributed by atoms with Gasteiger partial charge in [0.2, 0.25) is 0 Å². The van der Waals surface area contributed by atoms with Gasteiger partial charge in [-0.25, -0.2) is 0 Å². The van der Waals surface area contributed by atoms with Gasteiger partial charge in [-0.05, 0) is 22.8 Å². The summed E-state index contributed by atoms with van der Waals surface area (Å²) < 4.78 is 0. The van der Waals surface area contributed by atoms with Gasteiger partial charge in [-0.3, -0.25) is 0 Å². The number of benzene rings is 2. The molecular formula is C16H24. The van der Waals surface area contributed by atoms with E-state index in [4.69, 9.17) is 0 Å². The Labute approximate surface area is 100 Å². The first kappa shape index (κ1) is 14.7. The largest absolute Gasteiger partial charge is 0.0776 e. The normalized spacial score (nSPS) is 8.94. The lowest BCUT2D eigenvalue weighted by atomic mass is 10.0. The molecule has 88 valence electrons. The van der Waals surface area contributed by atoms with Crippen molar-refractivity contribution in [2.45, 2.75) is 41.0 Å². The van der Waals surface area contributed by atoms with Gasteiger partial charge >= 0.3 is 0 Å². The maximum Gasteiger partial charge on any atom is -0.0152 e. The Hall–Kier alpha value is -1.30. The molecular weight excluding hydrogens is 192 g/mol. The molecule has 16 heavy (non-hydrogen) atoms. The van der Waals surface area contributed by atoms with Gasteiger partial charge in [0.1, 0.15) is 0 Å². The van der Waals surface area contributed by atoms with Crippen LogP contribution in [0.3, 0.4) is 0 Å². The maximum absolute atomic E-state index is 2.20. The molecule has 0 atom stereocenters. The van der Waals surface area contributed by atoms with Crippen molar-refractivity contribution in [3.8, 4) is 0 Å². The predicted octanol–water partition coefficient (Wildman–Crippen LogP) is 5.45. The first-order valence-electron chi connectivity index (χ1n) is 5.80. The highest BCUT2D eigenvalue weighted by Crippen LogP contribution is 2.18. The van der Waals surface area contributed by atoms with E-state index >= 15 is 0 Å². The number of hydrogen-bond acceptors (Lipinski definition) is 0. The minimum absolute atomic E-state index is 0. The summed E-state index contributed by atoms with van der Waals surface area (Å²) in [5.41, 5.74) is 1.44. The van der Waals surface area contributed by atoms with Gasteiger partial charge in [0.25, 0.3) is 0 Å². The van der Waals surface area contributed by atoms with Crippen molar-refractivity contribution < 1.29 is 0 Å². The van der Waals surface area contributed by atoms with Crippen LogP contribution in [-0.2, 0) is 6.42 Å². The molecule has 0 amide bonds. The Morgan fingerprint density at radius 3 is 2.00 bits per heavy atom. The lowest BCUT2D eigenvalue weighted by molar-refractivity contribution is 1.09. The van der Waals surface area contributed by atoms with Crippen LogP contribution in [0, 0.1) is 0 Å². The van der Waals surface area contributed by atoms with Crippen molar-refractivity contribution in [3.63, 3.8) is 0 Å². The van der Waals surface area contributed by atoms with Crippen molar-refractivity contribution in [1.29, 1.82) is 0 Å². The monoisotopic (exact) mass is 216 g/mol. The molecule has 0 unspecified atom stereocenters.